The first-order chi connectivity index (χ1) is 15.4. The fraction of sp³-hybridized carbons (Fsp3) is 0.522. The van der Waals surface area contributed by atoms with E-state index in [4.69, 9.17) is 22.9 Å². The third kappa shape index (κ3) is 6.27. The van der Waals surface area contributed by atoms with Crippen LogP contribution in [0.1, 0.15) is 20.8 Å². The average Bonchev–Trinajstić information content (AvgIpc) is 2.81. The highest BCUT2D eigenvalue weighted by molar-refractivity contribution is 7.80. The quantitative estimate of drug-likeness (QED) is 0.518. The molecule has 1 amide bonds. The van der Waals surface area contributed by atoms with Gasteiger partial charge in [0.2, 0.25) is 5.91 Å². The van der Waals surface area contributed by atoms with Crippen LogP contribution in [0.15, 0.2) is 30.3 Å². The van der Waals surface area contributed by atoms with Crippen LogP contribution in [0.3, 0.4) is 0 Å². The van der Waals surface area contributed by atoms with E-state index >= 15 is 0 Å². The number of rotatable bonds is 8. The minimum Gasteiger partial charge on any atom is -0.361 e. The molecule has 1 atom stereocenters. The van der Waals surface area contributed by atoms with Gasteiger partial charge in [0.15, 0.2) is 5.11 Å². The second-order valence-corrected chi connectivity index (χ2v) is 8.49. The second kappa shape index (κ2) is 11.4. The zero-order chi connectivity index (χ0) is 23.1. The molecule has 32 heavy (non-hydrogen) atoms. The fourth-order valence-electron chi connectivity index (χ4n) is 3.86. The van der Waals surface area contributed by atoms with E-state index in [1.165, 1.54) is 0 Å². The standard InChI is InChI=1S/C23H35N7OS/c1-4-28(5-2)11-10-25-23(32)26-19-7-8-20-18(16-19)6-9-21(27-20)29-12-14-30(15-13-29)22(31)17(3)24/h6-9,16-17H,4-5,10-15,24H2,1-3H3,(H2,25,26,32). The number of nitrogens with one attached hydrogen (secondary N) is 2. The van der Waals surface area contributed by atoms with Crippen LogP contribution in [0.5, 0.6) is 0 Å². The number of piperazine rings is 1. The lowest BCUT2D eigenvalue weighted by molar-refractivity contribution is -0.132. The molecule has 1 aromatic carbocycles. The number of hydrogen-bond donors (Lipinski definition) is 3. The molecule has 1 saturated heterocycles. The third-order valence-electron chi connectivity index (χ3n) is 5.85. The number of nitrogens with zero attached hydrogens (tertiary/aromatic N) is 4. The van der Waals surface area contributed by atoms with E-state index in [0.717, 1.165) is 61.7 Å². The number of fused-ring (bicyclic) bond motifs is 1. The molecule has 2 aromatic rings. The Bertz CT molecular complexity index is 924. The van der Waals surface area contributed by atoms with Crippen LogP contribution in [0.25, 0.3) is 10.9 Å². The third-order valence-corrected chi connectivity index (χ3v) is 6.09. The number of carbonyl (C=O) groups excluding carboxylic acids is 1. The molecule has 0 bridgehead atoms. The maximum absolute atomic E-state index is 12.1. The van der Waals surface area contributed by atoms with Gasteiger partial charge in [0, 0.05) is 50.3 Å². The molecule has 1 aromatic heterocycles. The van der Waals surface area contributed by atoms with Crippen LogP contribution < -0.4 is 21.3 Å². The first-order valence-electron chi connectivity index (χ1n) is 11.4. The molecule has 1 aliphatic rings. The van der Waals surface area contributed by atoms with E-state index < -0.39 is 6.04 Å². The summed E-state index contributed by atoms with van der Waals surface area (Å²) in [5, 5.41) is 8.21. The summed E-state index contributed by atoms with van der Waals surface area (Å²) in [4.78, 5) is 23.3. The van der Waals surface area contributed by atoms with Gasteiger partial charge in [-0.3, -0.25) is 4.79 Å². The molecule has 174 valence electrons. The number of carbonyl (C=O) groups is 1. The molecule has 2 heterocycles. The summed E-state index contributed by atoms with van der Waals surface area (Å²) in [7, 11) is 0. The van der Waals surface area contributed by atoms with Crippen molar-refractivity contribution in [2.75, 3.05) is 62.6 Å². The molecule has 0 saturated carbocycles. The van der Waals surface area contributed by atoms with E-state index in [1.807, 2.05) is 23.1 Å². The van der Waals surface area contributed by atoms with Gasteiger partial charge in [0.25, 0.3) is 0 Å². The number of likely N-dealkylation sites (N-methyl/N-ethyl adjacent to an activating group) is 1. The summed E-state index contributed by atoms with van der Waals surface area (Å²) in [6.45, 7) is 12.8. The summed E-state index contributed by atoms with van der Waals surface area (Å²) in [6, 6.07) is 9.74. The zero-order valence-corrected chi connectivity index (χ0v) is 20.1. The van der Waals surface area contributed by atoms with Crippen LogP contribution in [0.4, 0.5) is 11.5 Å². The Balaban J connectivity index is 1.56. The van der Waals surface area contributed by atoms with Crippen LogP contribution in [0, 0.1) is 0 Å². The first kappa shape index (κ1) is 24.2. The van der Waals surface area contributed by atoms with Crippen molar-refractivity contribution in [3.05, 3.63) is 30.3 Å². The van der Waals surface area contributed by atoms with E-state index in [2.05, 4.69) is 46.4 Å². The number of nitrogens with two attached hydrogens (primary N) is 1. The molecule has 9 heteroatoms. The number of anilines is 2. The van der Waals surface area contributed by atoms with Crippen molar-refractivity contribution in [1.29, 1.82) is 0 Å². The van der Waals surface area contributed by atoms with E-state index in [9.17, 15) is 4.79 Å². The zero-order valence-electron chi connectivity index (χ0n) is 19.3. The number of benzene rings is 1. The van der Waals surface area contributed by atoms with E-state index in [0.29, 0.717) is 18.2 Å². The normalized spacial score (nSPS) is 15.2. The molecule has 1 unspecified atom stereocenters. The molecule has 1 fully saturated rings. The number of hydrogen-bond acceptors (Lipinski definition) is 6. The van der Waals surface area contributed by atoms with Gasteiger partial charge in [-0.1, -0.05) is 13.8 Å². The molecule has 8 nitrogen and oxygen atoms in total. The van der Waals surface area contributed by atoms with Crippen LogP contribution in [-0.4, -0.2) is 84.2 Å². The Morgan fingerprint density at radius 1 is 1.19 bits per heavy atom. The molecule has 0 spiro atoms. The van der Waals surface area contributed by atoms with Gasteiger partial charge in [-0.05, 0) is 62.6 Å². The maximum Gasteiger partial charge on any atom is 0.239 e. The Labute approximate surface area is 196 Å². The highest BCUT2D eigenvalue weighted by Gasteiger charge is 2.23. The Hall–Kier alpha value is -2.49. The number of pyridine rings is 1. The summed E-state index contributed by atoms with van der Waals surface area (Å²) in [5.74, 6) is 0.941. The lowest BCUT2D eigenvalue weighted by Gasteiger charge is -2.36. The predicted molar refractivity (Wildman–Crippen MR) is 136 cm³/mol. The monoisotopic (exact) mass is 457 g/mol. The van der Waals surface area contributed by atoms with Crippen LogP contribution >= 0.6 is 12.2 Å². The topological polar surface area (TPSA) is 89.8 Å². The lowest BCUT2D eigenvalue weighted by Crippen LogP contribution is -2.52. The van der Waals surface area contributed by atoms with Gasteiger partial charge in [-0.2, -0.15) is 0 Å². The molecule has 0 aliphatic carbocycles. The minimum absolute atomic E-state index is 0.0107. The van der Waals surface area contributed by atoms with Gasteiger partial charge in [0.05, 0.1) is 11.6 Å². The highest BCUT2D eigenvalue weighted by Crippen LogP contribution is 2.22. The van der Waals surface area contributed by atoms with Crippen molar-refractivity contribution in [2.45, 2.75) is 26.8 Å². The van der Waals surface area contributed by atoms with Gasteiger partial charge in [-0.25, -0.2) is 4.98 Å². The maximum atomic E-state index is 12.1. The van der Waals surface area contributed by atoms with E-state index in [-0.39, 0.29) is 5.91 Å². The van der Waals surface area contributed by atoms with Gasteiger partial charge in [0.1, 0.15) is 5.82 Å². The first-order valence-corrected chi connectivity index (χ1v) is 11.8. The van der Waals surface area contributed by atoms with Crippen molar-refractivity contribution < 1.29 is 4.79 Å². The van der Waals surface area contributed by atoms with Gasteiger partial charge >= 0.3 is 0 Å². The fourth-order valence-corrected chi connectivity index (χ4v) is 4.08. The highest BCUT2D eigenvalue weighted by atomic mass is 32.1. The largest absolute Gasteiger partial charge is 0.361 e. The van der Waals surface area contributed by atoms with Crippen molar-refractivity contribution in [3.63, 3.8) is 0 Å². The Morgan fingerprint density at radius 3 is 2.56 bits per heavy atom. The van der Waals surface area contributed by atoms with Crippen LogP contribution in [-0.2, 0) is 4.79 Å². The summed E-state index contributed by atoms with van der Waals surface area (Å²) >= 11 is 5.43. The van der Waals surface area contributed by atoms with Gasteiger partial charge < -0.3 is 31.1 Å². The molecule has 0 radical (unpaired) electrons. The van der Waals surface area contributed by atoms with Crippen molar-refractivity contribution in [2.24, 2.45) is 5.73 Å². The molecular weight excluding hydrogens is 422 g/mol. The van der Waals surface area contributed by atoms with E-state index in [1.54, 1.807) is 6.92 Å². The predicted octanol–water partition coefficient (Wildman–Crippen LogP) is 1.86. The number of aromatic nitrogens is 1. The molecular formula is C23H35N7OS. The van der Waals surface area contributed by atoms with Crippen molar-refractivity contribution >= 4 is 45.6 Å². The number of amides is 1. The van der Waals surface area contributed by atoms with Crippen molar-refractivity contribution in [3.8, 4) is 0 Å². The Morgan fingerprint density at radius 2 is 1.91 bits per heavy atom. The smallest absolute Gasteiger partial charge is 0.239 e. The van der Waals surface area contributed by atoms with Gasteiger partial charge in [-0.15, -0.1) is 0 Å². The Kier molecular flexibility index (Phi) is 8.60. The average molecular weight is 458 g/mol. The second-order valence-electron chi connectivity index (χ2n) is 8.09. The molecule has 3 rings (SSSR count). The minimum atomic E-state index is -0.450. The summed E-state index contributed by atoms with van der Waals surface area (Å²) < 4.78 is 0. The molecule has 4 N–H and O–H groups in total. The molecule has 1 aliphatic heterocycles. The van der Waals surface area contributed by atoms with Crippen molar-refractivity contribution in [1.82, 2.24) is 20.1 Å². The number of thiocarbonyl (C=S) groups is 1. The summed E-state index contributed by atoms with van der Waals surface area (Å²) in [5.41, 5.74) is 7.60. The SMILES string of the molecule is CCN(CC)CCNC(=S)Nc1ccc2nc(N3CCN(C(=O)C(C)N)CC3)ccc2c1. The lowest BCUT2D eigenvalue weighted by atomic mass is 10.2. The van der Waals surface area contributed by atoms with Crippen LogP contribution in [0.2, 0.25) is 0 Å². The summed E-state index contributed by atoms with van der Waals surface area (Å²) in [6.07, 6.45) is 0.